The number of benzene rings is 1. The van der Waals surface area contributed by atoms with Gasteiger partial charge in [0.1, 0.15) is 17.6 Å². The third-order valence-electron chi connectivity index (χ3n) is 5.61. The van der Waals surface area contributed by atoms with Crippen LogP contribution in [-0.2, 0) is 4.79 Å². The molecule has 1 aliphatic rings. The van der Waals surface area contributed by atoms with Gasteiger partial charge >= 0.3 is 12.1 Å². The van der Waals surface area contributed by atoms with Gasteiger partial charge in [-0.1, -0.05) is 18.2 Å². The minimum atomic E-state index is -1.04. The highest BCUT2D eigenvalue weighted by Crippen LogP contribution is 2.30. The van der Waals surface area contributed by atoms with Crippen LogP contribution in [0.15, 0.2) is 48.7 Å². The summed E-state index contributed by atoms with van der Waals surface area (Å²) in [6.07, 6.45) is 3.26. The van der Waals surface area contributed by atoms with Gasteiger partial charge in [-0.05, 0) is 31.9 Å². The average molecular weight is 481 g/mol. The highest BCUT2D eigenvalue weighted by molar-refractivity contribution is 5.95. The predicted octanol–water partition coefficient (Wildman–Crippen LogP) is 2.51. The number of aliphatic hydroxyl groups excluding tert-OH is 1. The Bertz CT molecular complexity index is 1220. The highest BCUT2D eigenvalue weighted by atomic mass is 16.5. The van der Waals surface area contributed by atoms with Gasteiger partial charge in [-0.25, -0.2) is 19.1 Å². The van der Waals surface area contributed by atoms with Crippen LogP contribution in [0, 0.1) is 0 Å². The minimum absolute atomic E-state index is 0.172. The first kappa shape index (κ1) is 24.0. The molecule has 11 heteroatoms. The topological polar surface area (TPSA) is 138 Å². The molecule has 1 saturated heterocycles. The zero-order chi connectivity index (χ0) is 24.8. The molecule has 4 amide bonds. The number of aromatic nitrogens is 2. The number of hydrogen-bond donors (Lipinski definition) is 4. The Morgan fingerprint density at radius 1 is 1.14 bits per heavy atom. The third-order valence-corrected chi connectivity index (χ3v) is 5.61. The van der Waals surface area contributed by atoms with Gasteiger partial charge < -0.3 is 25.4 Å². The molecule has 1 aromatic carbocycles. The number of pyridine rings is 1. The summed E-state index contributed by atoms with van der Waals surface area (Å²) in [5, 5.41) is 18.2. The van der Waals surface area contributed by atoms with Crippen LogP contribution in [0.3, 0.4) is 0 Å². The van der Waals surface area contributed by atoms with Gasteiger partial charge in [-0.2, -0.15) is 0 Å². The number of amides is 4. The molecule has 11 nitrogen and oxygen atoms in total. The zero-order valence-corrected chi connectivity index (χ0v) is 19.4. The zero-order valence-electron chi connectivity index (χ0n) is 19.4. The van der Waals surface area contributed by atoms with E-state index in [0.717, 1.165) is 18.2 Å². The van der Waals surface area contributed by atoms with Crippen LogP contribution in [0.2, 0.25) is 0 Å². The largest absolute Gasteiger partial charge is 0.440 e. The molecule has 0 aliphatic carbocycles. The van der Waals surface area contributed by atoms with E-state index in [1.54, 1.807) is 17.0 Å². The molecule has 0 radical (unpaired) electrons. The van der Waals surface area contributed by atoms with Gasteiger partial charge in [0.2, 0.25) is 11.8 Å². The second-order valence-corrected chi connectivity index (χ2v) is 8.06. The molecule has 1 aliphatic heterocycles. The monoisotopic (exact) mass is 480 g/mol. The quantitative estimate of drug-likeness (QED) is 0.410. The number of anilines is 1. The number of aliphatic hydroxyl groups is 1. The summed E-state index contributed by atoms with van der Waals surface area (Å²) in [5.74, 6) is 0.500. The van der Waals surface area contributed by atoms with Crippen molar-refractivity contribution in [3.8, 4) is 11.6 Å². The summed E-state index contributed by atoms with van der Waals surface area (Å²) in [7, 11) is 0. The van der Waals surface area contributed by atoms with E-state index in [1.165, 1.54) is 16.8 Å². The van der Waals surface area contributed by atoms with E-state index in [4.69, 9.17) is 4.74 Å². The van der Waals surface area contributed by atoms with Crippen LogP contribution in [-0.4, -0.2) is 69.8 Å². The van der Waals surface area contributed by atoms with Crippen molar-refractivity contribution in [3.63, 3.8) is 0 Å². The normalized spacial score (nSPS) is 13.9. The number of nitrogens with one attached hydrogen (secondary N) is 3. The number of hydrogen-bond acceptors (Lipinski definition) is 6. The molecule has 0 unspecified atom stereocenters. The Kier molecular flexibility index (Phi) is 7.46. The van der Waals surface area contributed by atoms with E-state index in [2.05, 4.69) is 20.9 Å². The summed E-state index contributed by atoms with van der Waals surface area (Å²) in [6.45, 7) is 3.01. The molecule has 0 spiro atoms. The first-order valence-corrected chi connectivity index (χ1v) is 11.5. The van der Waals surface area contributed by atoms with Crippen molar-refractivity contribution in [2.45, 2.75) is 25.8 Å². The maximum absolute atomic E-state index is 12.7. The van der Waals surface area contributed by atoms with Crippen molar-refractivity contribution >= 4 is 34.7 Å². The smallest absolute Gasteiger partial charge is 0.328 e. The van der Waals surface area contributed by atoms with Crippen LogP contribution in [0.25, 0.3) is 10.9 Å². The van der Waals surface area contributed by atoms with Gasteiger partial charge in [0, 0.05) is 43.4 Å². The Balaban J connectivity index is 1.47. The number of para-hydroxylation sites is 1. The van der Waals surface area contributed by atoms with Crippen LogP contribution in [0.4, 0.5) is 15.4 Å². The SMILES string of the molecule is CCNC(=O)n1c(Oc2ccnc(NC(=O)N[C@@H](CO)C(=O)N3CCCC3)c2)cc2ccccc21. The van der Waals surface area contributed by atoms with E-state index >= 15 is 0 Å². The molecule has 4 N–H and O–H groups in total. The number of carbonyl (C=O) groups excluding carboxylic acids is 3. The fourth-order valence-corrected chi connectivity index (χ4v) is 3.96. The number of fused-ring (bicyclic) bond motifs is 1. The minimum Gasteiger partial charge on any atom is -0.440 e. The maximum Gasteiger partial charge on any atom is 0.328 e. The molecule has 1 atom stereocenters. The third kappa shape index (κ3) is 5.52. The molecule has 0 saturated carbocycles. The van der Waals surface area contributed by atoms with E-state index in [-0.39, 0.29) is 17.8 Å². The Morgan fingerprint density at radius 2 is 1.91 bits per heavy atom. The van der Waals surface area contributed by atoms with Gasteiger partial charge in [0.25, 0.3) is 0 Å². The van der Waals surface area contributed by atoms with Crippen LogP contribution in [0.5, 0.6) is 11.6 Å². The Hall–Kier alpha value is -4.12. The molecule has 2 aromatic heterocycles. The van der Waals surface area contributed by atoms with Crippen LogP contribution < -0.4 is 20.7 Å². The van der Waals surface area contributed by atoms with Gasteiger partial charge in [-0.15, -0.1) is 0 Å². The van der Waals surface area contributed by atoms with E-state index in [9.17, 15) is 19.5 Å². The first-order chi connectivity index (χ1) is 17.0. The van der Waals surface area contributed by atoms with E-state index < -0.39 is 18.7 Å². The lowest BCUT2D eigenvalue weighted by Gasteiger charge is -2.22. The van der Waals surface area contributed by atoms with Crippen molar-refractivity contribution in [1.82, 2.24) is 25.1 Å². The highest BCUT2D eigenvalue weighted by Gasteiger charge is 2.27. The first-order valence-electron chi connectivity index (χ1n) is 11.5. The molecule has 1 fully saturated rings. The number of nitrogens with zero attached hydrogens (tertiary/aromatic N) is 3. The summed E-state index contributed by atoms with van der Waals surface area (Å²) >= 11 is 0. The number of likely N-dealkylation sites (tertiary alicyclic amines) is 1. The molecule has 35 heavy (non-hydrogen) atoms. The van der Waals surface area contributed by atoms with Crippen LogP contribution >= 0.6 is 0 Å². The lowest BCUT2D eigenvalue weighted by molar-refractivity contribution is -0.133. The fourth-order valence-electron chi connectivity index (χ4n) is 3.96. The fraction of sp³-hybridized carbons (Fsp3) is 0.333. The average Bonchev–Trinajstić information content (AvgIpc) is 3.50. The van der Waals surface area contributed by atoms with Gasteiger partial charge in [-0.3, -0.25) is 10.1 Å². The second-order valence-electron chi connectivity index (χ2n) is 8.06. The number of rotatable bonds is 7. The molecule has 184 valence electrons. The summed E-state index contributed by atoms with van der Waals surface area (Å²) < 4.78 is 7.42. The maximum atomic E-state index is 12.7. The second kappa shape index (κ2) is 10.9. The Labute approximate surface area is 202 Å². The van der Waals surface area contributed by atoms with Crippen molar-refractivity contribution in [2.24, 2.45) is 0 Å². The standard InChI is InChI=1S/C24H28N6O5/c1-2-25-24(34)30-19-8-4-3-7-16(19)13-21(30)35-17-9-10-26-20(14-17)28-23(33)27-18(15-31)22(32)29-11-5-6-12-29/h3-4,7-10,13-14,18,31H,2,5-6,11-12,15H2,1H3,(H,25,34)(H2,26,27,28,33)/t18-/m0/s1. The van der Waals surface area contributed by atoms with Gasteiger partial charge in [0.05, 0.1) is 12.1 Å². The van der Waals surface area contributed by atoms with Crippen molar-refractivity contribution in [1.29, 1.82) is 0 Å². The summed E-state index contributed by atoms with van der Waals surface area (Å²) in [4.78, 5) is 43.3. The Morgan fingerprint density at radius 3 is 2.66 bits per heavy atom. The molecule has 3 aromatic rings. The molecular formula is C24H28N6O5. The lowest BCUT2D eigenvalue weighted by atomic mass is 10.2. The van der Waals surface area contributed by atoms with Gasteiger partial charge in [0.15, 0.2) is 0 Å². The van der Waals surface area contributed by atoms with E-state index in [1.807, 2.05) is 31.2 Å². The lowest BCUT2D eigenvalue weighted by Crippen LogP contribution is -2.50. The molecule has 0 bridgehead atoms. The van der Waals surface area contributed by atoms with Crippen molar-refractivity contribution in [3.05, 3.63) is 48.7 Å². The van der Waals surface area contributed by atoms with Crippen molar-refractivity contribution in [2.75, 3.05) is 31.6 Å². The molecule has 3 heterocycles. The van der Waals surface area contributed by atoms with Crippen molar-refractivity contribution < 1.29 is 24.2 Å². The number of carbonyl (C=O) groups is 3. The predicted molar refractivity (Wildman–Crippen MR) is 130 cm³/mol. The van der Waals surface area contributed by atoms with E-state index in [0.29, 0.717) is 36.8 Å². The summed E-state index contributed by atoms with van der Waals surface area (Å²) in [5.41, 5.74) is 0.693. The summed E-state index contributed by atoms with van der Waals surface area (Å²) in [6, 6.07) is 10.2. The molecule has 4 rings (SSSR count). The number of urea groups is 1. The number of ether oxygens (including phenoxy) is 1. The van der Waals surface area contributed by atoms with Crippen LogP contribution in [0.1, 0.15) is 19.8 Å². The molecular weight excluding hydrogens is 452 g/mol.